The first kappa shape index (κ1) is 16.5. The van der Waals surface area contributed by atoms with Gasteiger partial charge in [-0.15, -0.1) is 0 Å². The van der Waals surface area contributed by atoms with E-state index in [1.54, 1.807) is 30.9 Å². The van der Waals surface area contributed by atoms with Gasteiger partial charge in [-0.25, -0.2) is 13.4 Å². The Bertz CT molecular complexity index is 1030. The Kier molecular flexibility index (Phi) is 4.24. The highest BCUT2D eigenvalue weighted by Gasteiger charge is 2.22. The van der Waals surface area contributed by atoms with Crippen molar-refractivity contribution in [2.24, 2.45) is 0 Å². The van der Waals surface area contributed by atoms with Crippen LogP contribution in [0, 0.1) is 0 Å². The summed E-state index contributed by atoms with van der Waals surface area (Å²) in [6.45, 7) is 0. The SMILES string of the molecule is O=S(=O)(Nc1cn(C2CCCC2)cn1)c1cc(Br)cc2cccnc12. The lowest BCUT2D eigenvalue weighted by Crippen LogP contribution is -2.14. The molecule has 25 heavy (non-hydrogen) atoms. The number of aromatic nitrogens is 3. The van der Waals surface area contributed by atoms with E-state index in [2.05, 4.69) is 30.6 Å². The highest BCUT2D eigenvalue weighted by atomic mass is 79.9. The summed E-state index contributed by atoms with van der Waals surface area (Å²) in [5, 5.41) is 0.758. The van der Waals surface area contributed by atoms with Crippen molar-refractivity contribution in [3.05, 3.63) is 47.5 Å². The van der Waals surface area contributed by atoms with Crippen LogP contribution in [-0.2, 0) is 10.0 Å². The summed E-state index contributed by atoms with van der Waals surface area (Å²) in [4.78, 5) is 8.58. The number of imidazole rings is 1. The largest absolute Gasteiger partial charge is 0.332 e. The summed E-state index contributed by atoms with van der Waals surface area (Å²) in [7, 11) is -3.79. The van der Waals surface area contributed by atoms with Crippen molar-refractivity contribution in [2.45, 2.75) is 36.6 Å². The number of nitrogens with zero attached hydrogens (tertiary/aromatic N) is 3. The van der Waals surface area contributed by atoms with Crippen molar-refractivity contribution in [1.29, 1.82) is 0 Å². The number of anilines is 1. The van der Waals surface area contributed by atoms with Crippen molar-refractivity contribution < 1.29 is 8.42 Å². The van der Waals surface area contributed by atoms with Crippen LogP contribution in [0.25, 0.3) is 10.9 Å². The highest BCUT2D eigenvalue weighted by Crippen LogP contribution is 2.31. The molecule has 1 saturated carbocycles. The lowest BCUT2D eigenvalue weighted by atomic mass is 10.2. The molecule has 1 fully saturated rings. The summed E-state index contributed by atoms with van der Waals surface area (Å²) < 4.78 is 31.0. The maximum Gasteiger partial charge on any atom is 0.265 e. The topological polar surface area (TPSA) is 76.9 Å². The second kappa shape index (κ2) is 6.42. The molecule has 0 atom stereocenters. The van der Waals surface area contributed by atoms with Crippen molar-refractivity contribution in [3.63, 3.8) is 0 Å². The smallest absolute Gasteiger partial charge is 0.265 e. The molecule has 1 aliphatic carbocycles. The van der Waals surface area contributed by atoms with Gasteiger partial charge in [0.2, 0.25) is 0 Å². The predicted octanol–water partition coefficient (Wildman–Crippen LogP) is 4.11. The van der Waals surface area contributed by atoms with Gasteiger partial charge in [0.1, 0.15) is 4.90 Å². The quantitative estimate of drug-likeness (QED) is 0.688. The molecule has 0 amide bonds. The molecule has 2 heterocycles. The number of fused-ring (bicyclic) bond motifs is 1. The predicted molar refractivity (Wildman–Crippen MR) is 100.0 cm³/mol. The van der Waals surface area contributed by atoms with E-state index in [-0.39, 0.29) is 4.90 Å². The van der Waals surface area contributed by atoms with E-state index in [4.69, 9.17) is 0 Å². The molecule has 0 aliphatic heterocycles. The zero-order valence-corrected chi connectivity index (χ0v) is 15.8. The molecule has 0 bridgehead atoms. The molecule has 0 saturated heterocycles. The molecule has 1 N–H and O–H groups in total. The maximum atomic E-state index is 12.9. The molecule has 130 valence electrons. The molecular formula is C17H17BrN4O2S. The first-order valence-corrected chi connectivity index (χ1v) is 10.4. The van der Waals surface area contributed by atoms with Crippen LogP contribution in [0.2, 0.25) is 0 Å². The number of halogens is 1. The zero-order valence-electron chi connectivity index (χ0n) is 13.4. The minimum atomic E-state index is -3.79. The van der Waals surface area contributed by atoms with Gasteiger partial charge in [0, 0.05) is 28.3 Å². The number of nitrogens with one attached hydrogen (secondary N) is 1. The molecule has 8 heteroatoms. The summed E-state index contributed by atoms with van der Waals surface area (Å²) in [5.74, 6) is 0.330. The van der Waals surface area contributed by atoms with Crippen LogP contribution >= 0.6 is 15.9 Å². The normalized spacial score (nSPS) is 15.7. The van der Waals surface area contributed by atoms with Crippen molar-refractivity contribution in [2.75, 3.05) is 4.72 Å². The second-order valence-corrected chi connectivity index (χ2v) is 8.80. The third-order valence-electron chi connectivity index (χ3n) is 4.51. The number of hydrogen-bond acceptors (Lipinski definition) is 4. The van der Waals surface area contributed by atoms with Gasteiger partial charge >= 0.3 is 0 Å². The molecule has 2 aromatic heterocycles. The van der Waals surface area contributed by atoms with E-state index >= 15 is 0 Å². The first-order valence-electron chi connectivity index (χ1n) is 8.13. The summed E-state index contributed by atoms with van der Waals surface area (Å²) in [6.07, 6.45) is 9.70. The molecule has 6 nitrogen and oxygen atoms in total. The van der Waals surface area contributed by atoms with Crippen LogP contribution in [0.5, 0.6) is 0 Å². The Balaban J connectivity index is 1.68. The van der Waals surface area contributed by atoms with Gasteiger partial charge in [-0.3, -0.25) is 9.71 Å². The van der Waals surface area contributed by atoms with Gasteiger partial charge < -0.3 is 4.57 Å². The Morgan fingerprint density at radius 3 is 2.80 bits per heavy atom. The number of hydrogen-bond donors (Lipinski definition) is 1. The van der Waals surface area contributed by atoms with Crippen LogP contribution in [0.4, 0.5) is 5.82 Å². The van der Waals surface area contributed by atoms with E-state index in [0.29, 0.717) is 21.8 Å². The Morgan fingerprint density at radius 2 is 2.00 bits per heavy atom. The standard InChI is InChI=1S/C17H17BrN4O2S/c18-13-8-12-4-3-7-19-17(12)15(9-13)25(23,24)21-16-10-22(11-20-16)14-5-1-2-6-14/h3-4,7-11,14,21H,1-2,5-6H2. The van der Waals surface area contributed by atoms with Gasteiger partial charge in [-0.2, -0.15) is 0 Å². The van der Waals surface area contributed by atoms with Gasteiger partial charge in [0.25, 0.3) is 10.0 Å². The van der Waals surface area contributed by atoms with Crippen LogP contribution in [0.1, 0.15) is 31.7 Å². The number of pyridine rings is 1. The average Bonchev–Trinajstić information content (AvgIpc) is 3.25. The van der Waals surface area contributed by atoms with Crippen LogP contribution in [0.3, 0.4) is 0 Å². The van der Waals surface area contributed by atoms with Gasteiger partial charge in [-0.05, 0) is 31.0 Å². The Labute approximate surface area is 154 Å². The van der Waals surface area contributed by atoms with E-state index < -0.39 is 10.0 Å². The molecule has 1 aliphatic rings. The van der Waals surface area contributed by atoms with E-state index in [0.717, 1.165) is 18.2 Å². The first-order chi connectivity index (χ1) is 12.0. The van der Waals surface area contributed by atoms with E-state index in [1.165, 1.54) is 12.8 Å². The van der Waals surface area contributed by atoms with Crippen molar-refractivity contribution >= 4 is 42.7 Å². The number of benzene rings is 1. The monoisotopic (exact) mass is 420 g/mol. The summed E-state index contributed by atoms with van der Waals surface area (Å²) in [6, 6.07) is 7.43. The average molecular weight is 421 g/mol. The Morgan fingerprint density at radius 1 is 1.20 bits per heavy atom. The van der Waals surface area contributed by atoms with Crippen molar-refractivity contribution in [3.8, 4) is 0 Å². The fourth-order valence-electron chi connectivity index (χ4n) is 3.31. The van der Waals surface area contributed by atoms with E-state index in [1.807, 2.05) is 16.7 Å². The van der Waals surface area contributed by atoms with Crippen LogP contribution in [-0.4, -0.2) is 23.0 Å². The van der Waals surface area contributed by atoms with Gasteiger partial charge in [-0.1, -0.05) is 34.8 Å². The third kappa shape index (κ3) is 3.28. The molecule has 0 radical (unpaired) electrons. The molecule has 0 unspecified atom stereocenters. The number of sulfonamides is 1. The summed E-state index contributed by atoms with van der Waals surface area (Å²) >= 11 is 3.37. The minimum Gasteiger partial charge on any atom is -0.332 e. The molecular weight excluding hydrogens is 404 g/mol. The van der Waals surface area contributed by atoms with Crippen LogP contribution in [0.15, 0.2) is 52.4 Å². The second-order valence-electron chi connectivity index (χ2n) is 6.23. The Hall–Kier alpha value is -1.93. The summed E-state index contributed by atoms with van der Waals surface area (Å²) in [5.41, 5.74) is 0.438. The fraction of sp³-hybridized carbons (Fsp3) is 0.294. The maximum absolute atomic E-state index is 12.9. The molecule has 0 spiro atoms. The van der Waals surface area contributed by atoms with Crippen molar-refractivity contribution in [1.82, 2.24) is 14.5 Å². The fourth-order valence-corrected chi connectivity index (χ4v) is 5.14. The number of rotatable bonds is 4. The van der Waals surface area contributed by atoms with Gasteiger partial charge in [0.15, 0.2) is 5.82 Å². The molecule has 1 aromatic carbocycles. The third-order valence-corrected chi connectivity index (χ3v) is 6.34. The highest BCUT2D eigenvalue weighted by molar-refractivity contribution is 9.10. The van der Waals surface area contributed by atoms with E-state index in [9.17, 15) is 8.42 Å². The molecule has 3 aromatic rings. The lowest BCUT2D eigenvalue weighted by molar-refractivity contribution is 0.518. The van der Waals surface area contributed by atoms with Gasteiger partial charge in [0.05, 0.1) is 11.8 Å². The zero-order chi connectivity index (χ0) is 17.4. The van der Waals surface area contributed by atoms with Crippen LogP contribution < -0.4 is 4.72 Å². The molecule has 4 rings (SSSR count). The minimum absolute atomic E-state index is 0.132. The lowest BCUT2D eigenvalue weighted by Gasteiger charge is -2.10.